The first kappa shape index (κ1) is 86.8. The normalized spacial score (nSPS) is 13.7. The van der Waals surface area contributed by atoms with Gasteiger partial charge in [0.15, 0.2) is 0 Å². The third-order valence-corrected chi connectivity index (χ3v) is 20.4. The standard InChI is InChI=1S/C82H165O5/c1-7-13-19-24-28-36-48-61-76-87-79-65-52-40-34-45-57-71-82(83,70-56-44-33-39-51-64-78-85-73-59-46-27-22-16-10-4)81(80(66-18-12-6)67-53-41-30-25-20-14-8-2,69-55-43-32-38-50-63-74-84-72-58-23-17-11-5)68-54-42-31-29-37-49-62-77-86-75-60-47-35-26-21-15-9-3/h80H,7-79H2,1-6H3. The molecule has 87 heavy (non-hydrogen) atoms. The molecule has 0 amide bonds. The Balaban J connectivity index is 6.30. The van der Waals surface area contributed by atoms with Crippen LogP contribution in [-0.4, -0.2) is 58.5 Å². The second-order valence-electron chi connectivity index (χ2n) is 28.6. The maximum absolute atomic E-state index is 17.1. The van der Waals surface area contributed by atoms with Crippen molar-refractivity contribution in [1.82, 2.24) is 0 Å². The van der Waals surface area contributed by atoms with Crippen LogP contribution in [0.1, 0.15) is 459 Å². The van der Waals surface area contributed by atoms with Crippen molar-refractivity contribution in [2.45, 2.75) is 464 Å². The molecule has 0 aliphatic carbocycles. The van der Waals surface area contributed by atoms with Crippen molar-refractivity contribution in [1.29, 1.82) is 0 Å². The van der Waals surface area contributed by atoms with Crippen molar-refractivity contribution in [3.05, 3.63) is 0 Å². The number of hydrogen-bond acceptors (Lipinski definition) is 4. The largest absolute Gasteiger partial charge is 0.381 e. The summed E-state index contributed by atoms with van der Waals surface area (Å²) in [5.41, 5.74) is -0.952. The summed E-state index contributed by atoms with van der Waals surface area (Å²) in [6, 6.07) is 0. The number of ether oxygens (including phenoxy) is 4. The lowest BCUT2D eigenvalue weighted by Gasteiger charge is -2.52. The highest BCUT2D eigenvalue weighted by Gasteiger charge is 2.53. The Labute approximate surface area is 550 Å². The molecule has 0 aliphatic heterocycles. The van der Waals surface area contributed by atoms with Crippen LogP contribution in [0.25, 0.3) is 0 Å². The van der Waals surface area contributed by atoms with E-state index in [0.717, 1.165) is 78.5 Å². The molecule has 0 aromatic heterocycles. The molecule has 5 heteroatoms. The Morgan fingerprint density at radius 3 is 0.609 bits per heavy atom. The molecule has 0 aromatic rings. The molecule has 5 nitrogen and oxygen atoms in total. The van der Waals surface area contributed by atoms with Crippen LogP contribution in [0.2, 0.25) is 0 Å². The minimum absolute atomic E-state index is 0.109. The van der Waals surface area contributed by atoms with Crippen LogP contribution >= 0.6 is 0 Å². The van der Waals surface area contributed by atoms with E-state index in [0.29, 0.717) is 5.92 Å². The molecule has 0 aliphatic rings. The van der Waals surface area contributed by atoms with Gasteiger partial charge < -0.3 is 18.9 Å². The second-order valence-corrected chi connectivity index (χ2v) is 28.6. The molecule has 0 spiro atoms. The molecule has 0 rings (SSSR count). The Morgan fingerprint density at radius 2 is 0.368 bits per heavy atom. The number of unbranched alkanes of at least 4 members (excludes halogenated alkanes) is 49. The van der Waals surface area contributed by atoms with Crippen molar-refractivity contribution in [2.75, 3.05) is 52.9 Å². The topological polar surface area (TPSA) is 56.8 Å². The van der Waals surface area contributed by atoms with E-state index in [2.05, 4.69) is 41.5 Å². The van der Waals surface area contributed by atoms with Gasteiger partial charge in [0.25, 0.3) is 0 Å². The van der Waals surface area contributed by atoms with E-state index in [1.807, 2.05) is 0 Å². The lowest BCUT2D eigenvalue weighted by molar-refractivity contribution is -0.183. The number of hydrogen-bond donors (Lipinski definition) is 0. The van der Waals surface area contributed by atoms with Crippen LogP contribution in [0, 0.1) is 11.3 Å². The molecule has 0 fully saturated rings. The zero-order chi connectivity index (χ0) is 63.0. The fraction of sp³-hybridized carbons (Fsp3) is 1.00. The predicted octanol–water partition coefficient (Wildman–Crippen LogP) is 28.3. The van der Waals surface area contributed by atoms with Crippen molar-refractivity contribution >= 4 is 0 Å². The van der Waals surface area contributed by atoms with Gasteiger partial charge in [0.2, 0.25) is 0 Å². The summed E-state index contributed by atoms with van der Waals surface area (Å²) in [5, 5.41) is 17.1. The van der Waals surface area contributed by atoms with Gasteiger partial charge in [-0.3, -0.25) is 0 Å². The molecule has 0 N–H and O–H groups in total. The fourth-order valence-electron chi connectivity index (χ4n) is 14.5. The molecule has 3 unspecified atom stereocenters. The first-order chi connectivity index (χ1) is 43.0. The molecule has 3 atom stereocenters. The van der Waals surface area contributed by atoms with Gasteiger partial charge in [-0.2, -0.15) is 0 Å². The fourth-order valence-corrected chi connectivity index (χ4v) is 14.5. The molecule has 0 saturated carbocycles. The number of rotatable bonds is 79. The summed E-state index contributed by atoms with van der Waals surface area (Å²) >= 11 is 0. The van der Waals surface area contributed by atoms with Crippen molar-refractivity contribution in [2.24, 2.45) is 11.3 Å². The van der Waals surface area contributed by atoms with Gasteiger partial charge >= 0.3 is 0 Å². The van der Waals surface area contributed by atoms with E-state index in [9.17, 15) is 0 Å². The van der Waals surface area contributed by atoms with Gasteiger partial charge in [0.1, 0.15) is 5.60 Å². The van der Waals surface area contributed by atoms with E-state index >= 15 is 5.11 Å². The molecule has 0 aromatic carbocycles. The smallest absolute Gasteiger partial charge is 0.109 e. The van der Waals surface area contributed by atoms with Crippen LogP contribution < -0.4 is 0 Å². The maximum Gasteiger partial charge on any atom is 0.109 e. The van der Waals surface area contributed by atoms with Crippen molar-refractivity contribution < 1.29 is 24.1 Å². The van der Waals surface area contributed by atoms with Gasteiger partial charge in [0, 0.05) is 58.3 Å². The average Bonchev–Trinajstić information content (AvgIpc) is 1.41. The maximum atomic E-state index is 17.1. The van der Waals surface area contributed by atoms with Crippen LogP contribution in [0.15, 0.2) is 0 Å². The molecule has 1 radical (unpaired) electrons. The second kappa shape index (κ2) is 73.2. The molecule has 0 bridgehead atoms. The summed E-state index contributed by atoms with van der Waals surface area (Å²) in [6.45, 7) is 21.5. The monoisotopic (exact) mass is 1230 g/mol. The predicted molar refractivity (Wildman–Crippen MR) is 387 cm³/mol. The van der Waals surface area contributed by atoms with Gasteiger partial charge in [-0.05, 0) is 95.8 Å². The van der Waals surface area contributed by atoms with Gasteiger partial charge in [-0.1, -0.05) is 369 Å². The van der Waals surface area contributed by atoms with E-state index in [-0.39, 0.29) is 5.41 Å². The quantitative estimate of drug-likeness (QED) is 0.0570. The lowest BCUT2D eigenvalue weighted by Crippen LogP contribution is -2.52. The molecular formula is C82H165O5. The SMILES string of the molecule is CCCCCCCCCCOCCCCCCCCC([O])(CCCCCCCCOCCCCCCCC)C(CCCCCCCCCOCCCCCCCCC)(CCCCCCCCOCCCCCC)C(CCCC)CCCCCCCCC. The first-order valence-electron chi connectivity index (χ1n) is 41.0. The van der Waals surface area contributed by atoms with Crippen LogP contribution in [0.5, 0.6) is 0 Å². The van der Waals surface area contributed by atoms with E-state index in [4.69, 9.17) is 18.9 Å². The van der Waals surface area contributed by atoms with E-state index in [1.165, 1.54) is 392 Å². The zero-order valence-electron chi connectivity index (χ0n) is 61.2. The van der Waals surface area contributed by atoms with Crippen LogP contribution in [0.4, 0.5) is 0 Å². The summed E-state index contributed by atoms with van der Waals surface area (Å²) in [5.74, 6) is 0.559. The summed E-state index contributed by atoms with van der Waals surface area (Å²) < 4.78 is 24.4. The summed E-state index contributed by atoms with van der Waals surface area (Å²) in [4.78, 5) is 0. The highest BCUT2D eigenvalue weighted by Crippen LogP contribution is 2.56. The van der Waals surface area contributed by atoms with Crippen LogP contribution in [-0.2, 0) is 24.1 Å². The van der Waals surface area contributed by atoms with Crippen molar-refractivity contribution in [3.8, 4) is 0 Å². The van der Waals surface area contributed by atoms with Crippen LogP contribution in [0.3, 0.4) is 0 Å². The summed E-state index contributed by atoms with van der Waals surface area (Å²) in [6.07, 6.45) is 83.8. The lowest BCUT2D eigenvalue weighted by atomic mass is 9.54. The average molecular weight is 1230 g/mol. The van der Waals surface area contributed by atoms with Gasteiger partial charge in [-0.15, -0.1) is 0 Å². The minimum Gasteiger partial charge on any atom is -0.381 e. The van der Waals surface area contributed by atoms with E-state index < -0.39 is 5.60 Å². The van der Waals surface area contributed by atoms with Gasteiger partial charge in [0.05, 0.1) is 0 Å². The molecular weight excluding hydrogens is 1060 g/mol. The first-order valence-corrected chi connectivity index (χ1v) is 41.0. The Hall–Kier alpha value is -0.200. The molecule has 523 valence electrons. The zero-order valence-corrected chi connectivity index (χ0v) is 61.2. The van der Waals surface area contributed by atoms with Gasteiger partial charge in [-0.25, -0.2) is 5.11 Å². The highest BCUT2D eigenvalue weighted by molar-refractivity contribution is 5.02. The van der Waals surface area contributed by atoms with Crippen molar-refractivity contribution in [3.63, 3.8) is 0 Å². The Morgan fingerprint density at radius 1 is 0.195 bits per heavy atom. The highest BCUT2D eigenvalue weighted by atomic mass is 16.5. The Bertz CT molecular complexity index is 1230. The van der Waals surface area contributed by atoms with E-state index in [1.54, 1.807) is 0 Å². The Kier molecular flexibility index (Phi) is 73.0. The third-order valence-electron chi connectivity index (χ3n) is 20.4. The molecule has 0 saturated heterocycles. The summed E-state index contributed by atoms with van der Waals surface area (Å²) in [7, 11) is 0. The third kappa shape index (κ3) is 58.1. The molecule has 0 heterocycles. The minimum atomic E-state index is -0.843.